The molecular formula is C57H104O5. The first kappa shape index (κ1) is 59.9. The number of esters is 2. The first-order valence-corrected chi connectivity index (χ1v) is 27.2. The Morgan fingerprint density at radius 2 is 0.677 bits per heavy atom. The fourth-order valence-electron chi connectivity index (χ4n) is 7.75. The van der Waals surface area contributed by atoms with Crippen LogP contribution in [0.4, 0.5) is 0 Å². The smallest absolute Gasteiger partial charge is 0.306 e. The van der Waals surface area contributed by atoms with Crippen LogP contribution in [0.3, 0.4) is 0 Å². The highest BCUT2D eigenvalue weighted by atomic mass is 16.6. The van der Waals surface area contributed by atoms with Gasteiger partial charge in [-0.2, -0.15) is 0 Å². The molecule has 0 N–H and O–H groups in total. The molecule has 5 nitrogen and oxygen atoms in total. The molecule has 0 aromatic rings. The van der Waals surface area contributed by atoms with E-state index in [1.165, 1.54) is 167 Å². The second kappa shape index (κ2) is 53.2. The third-order valence-electron chi connectivity index (χ3n) is 11.8. The summed E-state index contributed by atoms with van der Waals surface area (Å²) in [6, 6.07) is 0. The van der Waals surface area contributed by atoms with Gasteiger partial charge in [-0.05, 0) is 83.5 Å². The predicted octanol–water partition coefficient (Wildman–Crippen LogP) is 18.3. The van der Waals surface area contributed by atoms with Crippen molar-refractivity contribution in [3.05, 3.63) is 48.6 Å². The highest BCUT2D eigenvalue weighted by Gasteiger charge is 2.17. The molecule has 0 aliphatic carbocycles. The number of hydrogen-bond acceptors (Lipinski definition) is 5. The molecule has 0 spiro atoms. The number of allylic oxidation sites excluding steroid dienone is 8. The Morgan fingerprint density at radius 1 is 0.355 bits per heavy atom. The van der Waals surface area contributed by atoms with E-state index in [1.54, 1.807) is 0 Å². The van der Waals surface area contributed by atoms with Gasteiger partial charge in [0.2, 0.25) is 0 Å². The Hall–Kier alpha value is -2.14. The van der Waals surface area contributed by atoms with Gasteiger partial charge in [-0.3, -0.25) is 9.59 Å². The molecule has 0 amide bonds. The van der Waals surface area contributed by atoms with Crippen LogP contribution in [0.5, 0.6) is 0 Å². The largest absolute Gasteiger partial charge is 0.462 e. The minimum atomic E-state index is -0.546. The Bertz CT molecular complexity index is 1030. The van der Waals surface area contributed by atoms with Crippen LogP contribution in [0.15, 0.2) is 48.6 Å². The van der Waals surface area contributed by atoms with Gasteiger partial charge < -0.3 is 14.2 Å². The van der Waals surface area contributed by atoms with E-state index in [9.17, 15) is 9.59 Å². The van der Waals surface area contributed by atoms with Crippen molar-refractivity contribution in [3.8, 4) is 0 Å². The Kier molecular flexibility index (Phi) is 51.4. The normalized spacial score (nSPS) is 12.5. The molecular weight excluding hydrogens is 765 g/mol. The average Bonchev–Trinajstić information content (AvgIpc) is 3.27. The first-order chi connectivity index (χ1) is 30.6. The van der Waals surface area contributed by atoms with Gasteiger partial charge in [0.1, 0.15) is 6.61 Å². The van der Waals surface area contributed by atoms with Crippen molar-refractivity contribution in [2.75, 3.05) is 19.8 Å². The van der Waals surface area contributed by atoms with Crippen LogP contribution in [-0.2, 0) is 23.8 Å². The molecule has 0 radical (unpaired) electrons. The second-order valence-electron chi connectivity index (χ2n) is 18.1. The molecule has 0 fully saturated rings. The van der Waals surface area contributed by atoms with Gasteiger partial charge in [0, 0.05) is 19.4 Å². The van der Waals surface area contributed by atoms with E-state index in [0.717, 1.165) is 77.0 Å². The highest BCUT2D eigenvalue weighted by Crippen LogP contribution is 2.15. The SMILES string of the molecule is CCCCC/C=C\C/C=C\CCCCCCCC(=O)OCC(COCCCCCCCCCCCCCCCCCC)OC(=O)CCCCCCC/C=C\C/C=C\CCCCC. The van der Waals surface area contributed by atoms with Gasteiger partial charge in [0.15, 0.2) is 6.10 Å². The lowest BCUT2D eigenvalue weighted by atomic mass is 10.0. The number of ether oxygens (including phenoxy) is 3. The van der Waals surface area contributed by atoms with E-state index in [4.69, 9.17) is 14.2 Å². The summed E-state index contributed by atoms with van der Waals surface area (Å²) in [5, 5.41) is 0. The van der Waals surface area contributed by atoms with Crippen LogP contribution in [0.25, 0.3) is 0 Å². The van der Waals surface area contributed by atoms with E-state index in [2.05, 4.69) is 69.4 Å². The summed E-state index contributed by atoms with van der Waals surface area (Å²) in [7, 11) is 0. The summed E-state index contributed by atoms with van der Waals surface area (Å²) in [5.74, 6) is -0.417. The summed E-state index contributed by atoms with van der Waals surface area (Å²) < 4.78 is 17.4. The van der Waals surface area contributed by atoms with Crippen LogP contribution >= 0.6 is 0 Å². The van der Waals surface area contributed by atoms with Crippen molar-refractivity contribution in [3.63, 3.8) is 0 Å². The molecule has 362 valence electrons. The quantitative estimate of drug-likeness (QED) is 0.0346. The second-order valence-corrected chi connectivity index (χ2v) is 18.1. The topological polar surface area (TPSA) is 61.8 Å². The lowest BCUT2D eigenvalue weighted by molar-refractivity contribution is -0.163. The number of carbonyl (C=O) groups is 2. The summed E-state index contributed by atoms with van der Waals surface area (Å²) in [5.41, 5.74) is 0. The van der Waals surface area contributed by atoms with Gasteiger partial charge in [0.25, 0.3) is 0 Å². The maximum atomic E-state index is 12.8. The van der Waals surface area contributed by atoms with Gasteiger partial charge in [0.05, 0.1) is 6.61 Å². The van der Waals surface area contributed by atoms with Crippen LogP contribution < -0.4 is 0 Å². The minimum absolute atomic E-state index is 0.0754. The Balaban J connectivity index is 4.29. The number of carbonyl (C=O) groups excluding carboxylic acids is 2. The van der Waals surface area contributed by atoms with Crippen LogP contribution in [0.1, 0.15) is 278 Å². The van der Waals surface area contributed by atoms with Crippen LogP contribution in [-0.4, -0.2) is 37.9 Å². The maximum Gasteiger partial charge on any atom is 0.306 e. The summed E-state index contributed by atoms with van der Waals surface area (Å²) >= 11 is 0. The highest BCUT2D eigenvalue weighted by molar-refractivity contribution is 5.70. The van der Waals surface area contributed by atoms with E-state index in [1.807, 2.05) is 0 Å². The molecule has 5 heteroatoms. The van der Waals surface area contributed by atoms with E-state index in [0.29, 0.717) is 19.4 Å². The third-order valence-corrected chi connectivity index (χ3v) is 11.8. The van der Waals surface area contributed by atoms with Crippen molar-refractivity contribution < 1.29 is 23.8 Å². The fourth-order valence-corrected chi connectivity index (χ4v) is 7.75. The molecule has 0 rings (SSSR count). The van der Waals surface area contributed by atoms with E-state index >= 15 is 0 Å². The summed E-state index contributed by atoms with van der Waals surface area (Å²) in [6.45, 7) is 7.79. The van der Waals surface area contributed by atoms with Crippen molar-refractivity contribution in [2.45, 2.75) is 284 Å². The lowest BCUT2D eigenvalue weighted by Gasteiger charge is -2.18. The molecule has 0 saturated carbocycles. The van der Waals surface area contributed by atoms with Gasteiger partial charge in [-0.1, -0.05) is 230 Å². The molecule has 0 saturated heterocycles. The molecule has 1 unspecified atom stereocenters. The lowest BCUT2D eigenvalue weighted by Crippen LogP contribution is -2.30. The predicted molar refractivity (Wildman–Crippen MR) is 270 cm³/mol. The minimum Gasteiger partial charge on any atom is -0.462 e. The van der Waals surface area contributed by atoms with E-state index < -0.39 is 6.10 Å². The van der Waals surface area contributed by atoms with Gasteiger partial charge in [-0.25, -0.2) is 0 Å². The molecule has 0 bridgehead atoms. The van der Waals surface area contributed by atoms with Gasteiger partial charge >= 0.3 is 11.9 Å². The molecule has 62 heavy (non-hydrogen) atoms. The van der Waals surface area contributed by atoms with E-state index in [-0.39, 0.29) is 25.2 Å². The molecule has 0 aliphatic heterocycles. The van der Waals surface area contributed by atoms with Crippen LogP contribution in [0.2, 0.25) is 0 Å². The zero-order valence-corrected chi connectivity index (χ0v) is 41.6. The number of rotatable bonds is 50. The molecule has 0 aromatic heterocycles. The molecule has 0 aliphatic rings. The molecule has 0 aromatic carbocycles. The standard InChI is InChI=1S/C57H104O5/c1-4-7-10-13-16-19-22-25-28-31-34-37-40-43-46-49-52-60-53-55(62-57(59)51-48-45-42-39-36-33-30-27-24-21-18-15-12-9-6-3)54-61-56(58)50-47-44-41-38-35-32-29-26-23-20-17-14-11-8-5-2/h17-18,20-21,26-27,29-30,55H,4-16,19,22-25,28,31-54H2,1-3H3/b20-17-,21-18-,29-26-,30-27-. The van der Waals surface area contributed by atoms with Crippen LogP contribution in [0, 0.1) is 0 Å². The van der Waals surface area contributed by atoms with Gasteiger partial charge in [-0.15, -0.1) is 0 Å². The average molecular weight is 869 g/mol. The first-order valence-electron chi connectivity index (χ1n) is 27.2. The maximum absolute atomic E-state index is 12.8. The fraction of sp³-hybridized carbons (Fsp3) is 0.825. The molecule has 0 heterocycles. The Labute approximate surface area is 386 Å². The summed E-state index contributed by atoms with van der Waals surface area (Å²) in [6.07, 6.45) is 65.4. The Morgan fingerprint density at radius 3 is 1.10 bits per heavy atom. The van der Waals surface area contributed by atoms with Crippen molar-refractivity contribution >= 4 is 11.9 Å². The summed E-state index contributed by atoms with van der Waals surface area (Å²) in [4.78, 5) is 25.4. The zero-order chi connectivity index (χ0) is 44.9. The number of hydrogen-bond donors (Lipinski definition) is 0. The number of unbranched alkanes of at least 4 members (excludes halogenated alkanes) is 31. The zero-order valence-electron chi connectivity index (χ0n) is 41.6. The molecule has 1 atom stereocenters. The van der Waals surface area contributed by atoms with Crippen molar-refractivity contribution in [1.29, 1.82) is 0 Å². The van der Waals surface area contributed by atoms with Crippen molar-refractivity contribution in [1.82, 2.24) is 0 Å². The van der Waals surface area contributed by atoms with Crippen molar-refractivity contribution in [2.24, 2.45) is 0 Å². The third kappa shape index (κ3) is 50.5. The monoisotopic (exact) mass is 869 g/mol.